The molecule has 1 aliphatic rings. The summed E-state index contributed by atoms with van der Waals surface area (Å²) in [5.41, 5.74) is 4.11. The average molecular weight is 441 g/mol. The van der Waals surface area contributed by atoms with E-state index in [1.165, 1.54) is 6.07 Å². The molecule has 3 aromatic carbocycles. The Morgan fingerprint density at radius 1 is 1.00 bits per heavy atom. The molecular weight excluding hydrogens is 421 g/mol. The van der Waals surface area contributed by atoms with Crippen LogP contribution in [0.2, 0.25) is 0 Å². The van der Waals surface area contributed by atoms with Crippen molar-refractivity contribution in [2.24, 2.45) is 0 Å². The van der Waals surface area contributed by atoms with Crippen molar-refractivity contribution in [3.63, 3.8) is 0 Å². The van der Waals surface area contributed by atoms with Crippen LogP contribution in [0.15, 0.2) is 71.6 Å². The number of aliphatic hydroxyl groups excluding tert-OH is 1. The molecule has 2 N–H and O–H groups in total. The second-order valence-corrected chi connectivity index (χ2v) is 9.24. The SMILES string of the molecule is O=C(Nc1ccc(S(=O)(=O)CCO)cc1F)OCC1c2ccccc2-c2ccccc21. The number of carbonyl (C=O) groups is 1. The van der Waals surface area contributed by atoms with Gasteiger partial charge < -0.3 is 9.84 Å². The lowest BCUT2D eigenvalue weighted by molar-refractivity contribution is 0.158. The monoisotopic (exact) mass is 441 g/mol. The Hall–Kier alpha value is -3.23. The highest BCUT2D eigenvalue weighted by atomic mass is 32.2. The zero-order valence-electron chi connectivity index (χ0n) is 16.4. The highest BCUT2D eigenvalue weighted by Crippen LogP contribution is 2.44. The van der Waals surface area contributed by atoms with Crippen LogP contribution in [0.4, 0.5) is 14.9 Å². The minimum absolute atomic E-state index is 0.0739. The van der Waals surface area contributed by atoms with Crippen molar-refractivity contribution in [1.82, 2.24) is 0 Å². The molecular formula is C23H20FNO5S. The maximum Gasteiger partial charge on any atom is 0.411 e. The van der Waals surface area contributed by atoms with E-state index < -0.39 is 34.1 Å². The molecule has 0 saturated heterocycles. The Morgan fingerprint density at radius 3 is 2.19 bits per heavy atom. The molecule has 0 heterocycles. The van der Waals surface area contributed by atoms with Crippen LogP contribution in [0, 0.1) is 5.82 Å². The number of halogens is 1. The Labute approximate surface area is 179 Å². The predicted molar refractivity (Wildman–Crippen MR) is 114 cm³/mol. The summed E-state index contributed by atoms with van der Waals surface area (Å²) in [5, 5.41) is 11.1. The van der Waals surface area contributed by atoms with E-state index in [0.717, 1.165) is 34.4 Å². The number of carbonyl (C=O) groups excluding carboxylic acids is 1. The first kappa shape index (κ1) is 21.0. The van der Waals surface area contributed by atoms with Crippen LogP contribution in [0.5, 0.6) is 0 Å². The van der Waals surface area contributed by atoms with E-state index in [0.29, 0.717) is 0 Å². The molecule has 0 spiro atoms. The third-order valence-corrected chi connectivity index (χ3v) is 6.93. The summed E-state index contributed by atoms with van der Waals surface area (Å²) in [7, 11) is -3.79. The molecule has 0 bridgehead atoms. The fourth-order valence-corrected chi connectivity index (χ4v) is 4.81. The van der Waals surface area contributed by atoms with Gasteiger partial charge >= 0.3 is 6.09 Å². The molecule has 160 valence electrons. The van der Waals surface area contributed by atoms with Gasteiger partial charge in [0.2, 0.25) is 0 Å². The third-order valence-electron chi connectivity index (χ3n) is 5.24. The highest BCUT2D eigenvalue weighted by molar-refractivity contribution is 7.91. The summed E-state index contributed by atoms with van der Waals surface area (Å²) in [4.78, 5) is 12.0. The van der Waals surface area contributed by atoms with Gasteiger partial charge in [0.05, 0.1) is 22.9 Å². The fourth-order valence-electron chi connectivity index (χ4n) is 3.77. The van der Waals surface area contributed by atoms with Crippen LogP contribution in [0.25, 0.3) is 11.1 Å². The Balaban J connectivity index is 1.46. The van der Waals surface area contributed by atoms with Crippen LogP contribution >= 0.6 is 0 Å². The number of rotatable bonds is 6. The molecule has 0 unspecified atom stereocenters. The number of sulfone groups is 1. The zero-order chi connectivity index (χ0) is 22.0. The maximum atomic E-state index is 14.3. The Morgan fingerprint density at radius 2 is 1.61 bits per heavy atom. The number of fused-ring (bicyclic) bond motifs is 3. The summed E-state index contributed by atoms with van der Waals surface area (Å²) >= 11 is 0. The van der Waals surface area contributed by atoms with Gasteiger partial charge in [-0.25, -0.2) is 17.6 Å². The first-order valence-electron chi connectivity index (χ1n) is 9.66. The summed E-state index contributed by atoms with van der Waals surface area (Å²) in [6.45, 7) is -0.492. The van der Waals surface area contributed by atoms with Gasteiger partial charge in [-0.15, -0.1) is 0 Å². The van der Waals surface area contributed by atoms with Crippen molar-refractivity contribution < 1.29 is 27.4 Å². The van der Waals surface area contributed by atoms with Crippen LogP contribution in [-0.4, -0.2) is 38.6 Å². The van der Waals surface area contributed by atoms with E-state index in [4.69, 9.17) is 9.84 Å². The smallest absolute Gasteiger partial charge is 0.411 e. The van der Waals surface area contributed by atoms with Crippen LogP contribution in [-0.2, 0) is 14.6 Å². The van der Waals surface area contributed by atoms with Crippen molar-refractivity contribution in [2.75, 3.05) is 24.3 Å². The lowest BCUT2D eigenvalue weighted by Gasteiger charge is -2.15. The van der Waals surface area contributed by atoms with Gasteiger partial charge in [0.1, 0.15) is 12.4 Å². The molecule has 0 fully saturated rings. The van der Waals surface area contributed by atoms with Crippen LogP contribution in [0.1, 0.15) is 17.0 Å². The number of benzene rings is 3. The molecule has 0 radical (unpaired) electrons. The van der Waals surface area contributed by atoms with Crippen LogP contribution < -0.4 is 5.32 Å². The molecule has 4 rings (SSSR count). The minimum Gasteiger partial charge on any atom is -0.448 e. The van der Waals surface area contributed by atoms with Crippen molar-refractivity contribution in [3.05, 3.63) is 83.7 Å². The Kier molecular flexibility index (Phi) is 5.75. The molecule has 1 amide bonds. The van der Waals surface area contributed by atoms with Crippen LogP contribution in [0.3, 0.4) is 0 Å². The standard InChI is InChI=1S/C23H20FNO5S/c24-21-13-15(31(28,29)12-11-26)9-10-22(21)25-23(27)30-14-20-18-7-3-1-5-16(18)17-6-2-4-8-19(17)20/h1-10,13,20,26H,11-12,14H2,(H,25,27). The highest BCUT2D eigenvalue weighted by Gasteiger charge is 2.29. The predicted octanol–water partition coefficient (Wildman–Crippen LogP) is 3.95. The molecule has 6 nitrogen and oxygen atoms in total. The van der Waals surface area contributed by atoms with Crippen molar-refractivity contribution in [3.8, 4) is 11.1 Å². The molecule has 0 saturated carbocycles. The summed E-state index contributed by atoms with van der Waals surface area (Å²) in [6, 6.07) is 18.9. The molecule has 1 aliphatic carbocycles. The van der Waals surface area contributed by atoms with E-state index in [2.05, 4.69) is 5.32 Å². The number of ether oxygens (including phenoxy) is 1. The molecule has 0 atom stereocenters. The fraction of sp³-hybridized carbons (Fsp3) is 0.174. The van der Waals surface area contributed by atoms with Gasteiger partial charge in [0.25, 0.3) is 0 Å². The number of anilines is 1. The van der Waals surface area contributed by atoms with E-state index in [1.807, 2.05) is 48.5 Å². The second kappa shape index (κ2) is 8.49. The maximum absolute atomic E-state index is 14.3. The number of hydrogen-bond donors (Lipinski definition) is 2. The molecule has 31 heavy (non-hydrogen) atoms. The number of amides is 1. The number of aliphatic hydroxyl groups is 1. The molecule has 8 heteroatoms. The number of hydrogen-bond acceptors (Lipinski definition) is 5. The second-order valence-electron chi connectivity index (χ2n) is 7.13. The quantitative estimate of drug-likeness (QED) is 0.604. The lowest BCUT2D eigenvalue weighted by atomic mass is 9.98. The zero-order valence-corrected chi connectivity index (χ0v) is 17.2. The summed E-state index contributed by atoms with van der Waals surface area (Å²) < 4.78 is 43.5. The van der Waals surface area contributed by atoms with E-state index >= 15 is 0 Å². The summed E-state index contributed by atoms with van der Waals surface area (Å²) in [6.07, 6.45) is -0.841. The van der Waals surface area contributed by atoms with Gasteiger partial charge in [-0.3, -0.25) is 5.32 Å². The van der Waals surface area contributed by atoms with Gasteiger partial charge in [0, 0.05) is 5.92 Å². The van der Waals surface area contributed by atoms with Gasteiger partial charge in [-0.2, -0.15) is 0 Å². The van der Waals surface area contributed by atoms with E-state index in [9.17, 15) is 17.6 Å². The first-order valence-corrected chi connectivity index (χ1v) is 11.3. The number of nitrogens with one attached hydrogen (secondary N) is 1. The average Bonchev–Trinajstić information content (AvgIpc) is 3.07. The van der Waals surface area contributed by atoms with Crippen molar-refractivity contribution in [2.45, 2.75) is 10.8 Å². The normalized spacial score (nSPS) is 12.8. The summed E-state index contributed by atoms with van der Waals surface area (Å²) in [5.74, 6) is -1.55. The van der Waals surface area contributed by atoms with Gasteiger partial charge in [0.15, 0.2) is 9.84 Å². The molecule has 0 aliphatic heterocycles. The first-order chi connectivity index (χ1) is 14.9. The minimum atomic E-state index is -3.79. The van der Waals surface area contributed by atoms with Gasteiger partial charge in [-0.1, -0.05) is 48.5 Å². The van der Waals surface area contributed by atoms with E-state index in [-0.39, 0.29) is 23.1 Å². The molecule has 3 aromatic rings. The Bertz CT molecular complexity index is 1200. The topological polar surface area (TPSA) is 92.7 Å². The third kappa shape index (κ3) is 4.17. The van der Waals surface area contributed by atoms with Crippen molar-refractivity contribution in [1.29, 1.82) is 0 Å². The van der Waals surface area contributed by atoms with E-state index in [1.54, 1.807) is 0 Å². The molecule has 0 aromatic heterocycles. The largest absolute Gasteiger partial charge is 0.448 e. The van der Waals surface area contributed by atoms with Gasteiger partial charge in [-0.05, 0) is 40.5 Å². The lowest BCUT2D eigenvalue weighted by Crippen LogP contribution is -2.18. The van der Waals surface area contributed by atoms with Crippen molar-refractivity contribution >= 4 is 21.6 Å².